The van der Waals surface area contributed by atoms with Crippen molar-refractivity contribution in [2.45, 2.75) is 46.1 Å². The summed E-state index contributed by atoms with van der Waals surface area (Å²) in [5.74, 6) is -0.204. The molecule has 28 heavy (non-hydrogen) atoms. The number of rotatable bonds is 7. The van der Waals surface area contributed by atoms with Crippen molar-refractivity contribution < 1.29 is 14.3 Å². The number of likely N-dealkylation sites (N-methyl/N-ethyl adjacent to an activating group) is 1. The zero-order valence-electron chi connectivity index (χ0n) is 17.4. The highest BCUT2D eigenvalue weighted by atomic mass is 16.6. The fraction of sp³-hybridized carbons (Fsp3) is 0.476. The van der Waals surface area contributed by atoms with E-state index < -0.39 is 11.7 Å². The lowest BCUT2D eigenvalue weighted by Crippen LogP contribution is -2.41. The molecule has 1 heterocycles. The first-order valence-electron chi connectivity index (χ1n) is 9.47. The fourth-order valence-electron chi connectivity index (χ4n) is 2.64. The van der Waals surface area contributed by atoms with Crippen molar-refractivity contribution in [1.29, 1.82) is 0 Å². The summed E-state index contributed by atoms with van der Waals surface area (Å²) in [6, 6.07) is 9.96. The molecule has 0 fully saturated rings. The first-order chi connectivity index (χ1) is 13.2. The van der Waals surface area contributed by atoms with Crippen LogP contribution < -0.4 is 5.32 Å². The van der Waals surface area contributed by atoms with Crippen molar-refractivity contribution >= 4 is 12.0 Å². The van der Waals surface area contributed by atoms with Crippen LogP contribution in [0.5, 0.6) is 0 Å². The molecule has 0 saturated heterocycles. The minimum Gasteiger partial charge on any atom is -0.444 e. The molecule has 2 amide bonds. The number of carbonyl (C=O) groups is 2. The van der Waals surface area contributed by atoms with Crippen molar-refractivity contribution in [3.63, 3.8) is 0 Å². The minimum atomic E-state index is -0.579. The molecule has 1 N–H and O–H groups in total. The largest absolute Gasteiger partial charge is 0.444 e. The van der Waals surface area contributed by atoms with Crippen LogP contribution in [0.25, 0.3) is 5.69 Å². The van der Waals surface area contributed by atoms with Gasteiger partial charge in [0.05, 0.1) is 11.4 Å². The molecule has 1 aromatic heterocycles. The van der Waals surface area contributed by atoms with Gasteiger partial charge in [-0.2, -0.15) is 5.10 Å². The number of benzene rings is 1. The molecule has 7 heteroatoms. The van der Waals surface area contributed by atoms with Crippen molar-refractivity contribution in [3.05, 3.63) is 47.8 Å². The van der Waals surface area contributed by atoms with E-state index in [0.717, 1.165) is 29.8 Å². The molecule has 0 bridgehead atoms. The standard InChI is InChI=1S/C21H30N4O3/c1-16-17(14-25(23-16)18-11-7-6-8-12-18)10-9-13-22-19(26)15-24(5)20(27)28-21(2,3)4/h6-8,11-12,14H,9-10,13,15H2,1-5H3,(H,22,26). The number of amides is 2. The summed E-state index contributed by atoms with van der Waals surface area (Å²) in [5, 5.41) is 7.40. The second-order valence-corrected chi connectivity index (χ2v) is 7.81. The Kier molecular flexibility index (Phi) is 7.20. The molecule has 0 aliphatic rings. The average Bonchev–Trinajstić information content (AvgIpc) is 2.99. The van der Waals surface area contributed by atoms with Gasteiger partial charge in [0.15, 0.2) is 0 Å². The predicted molar refractivity (Wildman–Crippen MR) is 108 cm³/mol. The lowest BCUT2D eigenvalue weighted by Gasteiger charge is -2.24. The van der Waals surface area contributed by atoms with Gasteiger partial charge in [0, 0.05) is 19.8 Å². The van der Waals surface area contributed by atoms with E-state index >= 15 is 0 Å². The number of nitrogens with zero attached hydrogens (tertiary/aromatic N) is 3. The normalized spacial score (nSPS) is 11.2. The van der Waals surface area contributed by atoms with E-state index in [1.165, 1.54) is 4.90 Å². The summed E-state index contributed by atoms with van der Waals surface area (Å²) in [7, 11) is 1.55. The van der Waals surface area contributed by atoms with Crippen molar-refractivity contribution in [2.24, 2.45) is 0 Å². The van der Waals surface area contributed by atoms with Gasteiger partial charge in [0.1, 0.15) is 12.1 Å². The van der Waals surface area contributed by atoms with Crippen LogP contribution in [0.4, 0.5) is 4.79 Å². The van der Waals surface area contributed by atoms with Gasteiger partial charge in [-0.3, -0.25) is 4.79 Å². The third kappa shape index (κ3) is 6.72. The van der Waals surface area contributed by atoms with Gasteiger partial charge in [-0.25, -0.2) is 9.48 Å². The molecule has 0 aliphatic heterocycles. The number of hydrogen-bond donors (Lipinski definition) is 1. The number of hydrogen-bond acceptors (Lipinski definition) is 4. The van der Waals surface area contributed by atoms with Gasteiger partial charge in [0.25, 0.3) is 0 Å². The van der Waals surface area contributed by atoms with Crippen LogP contribution in [-0.4, -0.2) is 52.4 Å². The number of aromatic nitrogens is 2. The van der Waals surface area contributed by atoms with E-state index in [-0.39, 0.29) is 12.5 Å². The number of para-hydroxylation sites is 1. The highest BCUT2D eigenvalue weighted by Crippen LogP contribution is 2.13. The van der Waals surface area contributed by atoms with Gasteiger partial charge in [0.2, 0.25) is 5.91 Å². The molecule has 2 rings (SSSR count). The van der Waals surface area contributed by atoms with Gasteiger partial charge in [-0.05, 0) is 58.2 Å². The fourth-order valence-corrected chi connectivity index (χ4v) is 2.64. The summed E-state index contributed by atoms with van der Waals surface area (Å²) in [5.41, 5.74) is 2.59. The number of carbonyl (C=O) groups excluding carboxylic acids is 2. The van der Waals surface area contributed by atoms with Crippen LogP contribution in [0.1, 0.15) is 38.4 Å². The topological polar surface area (TPSA) is 76.5 Å². The smallest absolute Gasteiger partial charge is 0.410 e. The first-order valence-corrected chi connectivity index (χ1v) is 9.47. The lowest BCUT2D eigenvalue weighted by atomic mass is 10.1. The quantitative estimate of drug-likeness (QED) is 0.742. The van der Waals surface area contributed by atoms with Crippen LogP contribution in [0, 0.1) is 6.92 Å². The molecule has 0 atom stereocenters. The van der Waals surface area contributed by atoms with Gasteiger partial charge in [-0.15, -0.1) is 0 Å². The molecule has 0 radical (unpaired) electrons. The molecular formula is C21H30N4O3. The lowest BCUT2D eigenvalue weighted by molar-refractivity contribution is -0.122. The van der Waals surface area contributed by atoms with Crippen molar-refractivity contribution in [3.8, 4) is 5.69 Å². The summed E-state index contributed by atoms with van der Waals surface area (Å²) in [6.45, 7) is 7.88. The molecule has 0 aliphatic carbocycles. The number of ether oxygens (including phenoxy) is 1. The van der Waals surface area contributed by atoms with Crippen LogP contribution >= 0.6 is 0 Å². The van der Waals surface area contributed by atoms with Crippen LogP contribution in [0.2, 0.25) is 0 Å². The van der Waals surface area contributed by atoms with Crippen LogP contribution in [-0.2, 0) is 16.0 Å². The highest BCUT2D eigenvalue weighted by molar-refractivity contribution is 5.82. The summed E-state index contributed by atoms with van der Waals surface area (Å²) < 4.78 is 7.11. The molecule has 0 spiro atoms. The third-order valence-electron chi connectivity index (χ3n) is 4.05. The first kappa shape index (κ1) is 21.5. The van der Waals surface area contributed by atoms with Gasteiger partial charge >= 0.3 is 6.09 Å². The number of aryl methyl sites for hydroxylation is 2. The van der Waals surface area contributed by atoms with E-state index in [9.17, 15) is 9.59 Å². The van der Waals surface area contributed by atoms with Gasteiger partial charge in [-0.1, -0.05) is 18.2 Å². The van der Waals surface area contributed by atoms with Gasteiger partial charge < -0.3 is 15.0 Å². The zero-order valence-corrected chi connectivity index (χ0v) is 17.4. The average molecular weight is 386 g/mol. The van der Waals surface area contributed by atoms with E-state index in [1.807, 2.05) is 48.1 Å². The Labute approximate surface area is 166 Å². The number of nitrogens with one attached hydrogen (secondary N) is 1. The Balaban J connectivity index is 1.75. The van der Waals surface area contributed by atoms with Crippen LogP contribution in [0.15, 0.2) is 36.5 Å². The second kappa shape index (κ2) is 9.39. The zero-order chi connectivity index (χ0) is 20.7. The SMILES string of the molecule is Cc1nn(-c2ccccc2)cc1CCCNC(=O)CN(C)C(=O)OC(C)(C)C. The van der Waals surface area contributed by atoms with Crippen molar-refractivity contribution in [1.82, 2.24) is 20.0 Å². The Bertz CT molecular complexity index is 794. The van der Waals surface area contributed by atoms with E-state index in [2.05, 4.69) is 10.4 Å². The van der Waals surface area contributed by atoms with E-state index in [1.54, 1.807) is 27.8 Å². The maximum atomic E-state index is 12.0. The monoisotopic (exact) mass is 386 g/mol. The summed E-state index contributed by atoms with van der Waals surface area (Å²) >= 11 is 0. The molecule has 152 valence electrons. The Morgan fingerprint density at radius 1 is 1.21 bits per heavy atom. The summed E-state index contributed by atoms with van der Waals surface area (Å²) in [6.07, 6.45) is 3.14. The Hall–Kier alpha value is -2.83. The molecule has 0 unspecified atom stereocenters. The molecular weight excluding hydrogens is 356 g/mol. The maximum absolute atomic E-state index is 12.0. The predicted octanol–water partition coefficient (Wildman–Crippen LogP) is 3.10. The summed E-state index contributed by atoms with van der Waals surface area (Å²) in [4.78, 5) is 25.2. The third-order valence-corrected chi connectivity index (χ3v) is 4.05. The van der Waals surface area contributed by atoms with E-state index in [0.29, 0.717) is 6.54 Å². The molecule has 0 saturated carbocycles. The molecule has 2 aromatic rings. The highest BCUT2D eigenvalue weighted by Gasteiger charge is 2.20. The Morgan fingerprint density at radius 3 is 2.54 bits per heavy atom. The maximum Gasteiger partial charge on any atom is 0.410 e. The second-order valence-electron chi connectivity index (χ2n) is 7.81. The van der Waals surface area contributed by atoms with E-state index in [4.69, 9.17) is 4.74 Å². The van der Waals surface area contributed by atoms with Crippen LogP contribution in [0.3, 0.4) is 0 Å². The minimum absolute atomic E-state index is 0.0279. The molecule has 1 aromatic carbocycles. The van der Waals surface area contributed by atoms with Crippen molar-refractivity contribution in [2.75, 3.05) is 20.1 Å². The molecule has 7 nitrogen and oxygen atoms in total. The Morgan fingerprint density at radius 2 is 1.89 bits per heavy atom.